The third-order valence-electron chi connectivity index (χ3n) is 6.84. The number of carbonyl (C=O) groups is 1. The molecule has 27 heavy (non-hydrogen) atoms. The number of carboxylic acid groups (broad SMARTS) is 1. The van der Waals surface area contributed by atoms with Gasteiger partial charge in [0.25, 0.3) is 0 Å². The van der Waals surface area contributed by atoms with E-state index >= 15 is 0 Å². The fourth-order valence-electron chi connectivity index (χ4n) is 5.36. The fourth-order valence-corrected chi connectivity index (χ4v) is 10.6. The summed E-state index contributed by atoms with van der Waals surface area (Å²) < 4.78 is 0. The molecule has 3 heteroatoms. The summed E-state index contributed by atoms with van der Waals surface area (Å²) in [6.07, 6.45) is 3.41. The molecule has 1 saturated carbocycles. The number of carboxylic acids is 1. The minimum absolute atomic E-state index is 0.568. The maximum Gasteiger partial charge on any atom is 0.314 e. The molecule has 0 spiro atoms. The van der Waals surface area contributed by atoms with Crippen LogP contribution in [0.1, 0.15) is 83.9 Å². The molecule has 1 aromatic rings. The topological polar surface area (TPSA) is 37.3 Å². The maximum absolute atomic E-state index is 12.2. The second kappa shape index (κ2) is 8.23. The molecule has 0 aliphatic heterocycles. The van der Waals surface area contributed by atoms with Crippen LogP contribution in [0.4, 0.5) is 0 Å². The summed E-state index contributed by atoms with van der Waals surface area (Å²) in [5.41, 5.74) is 7.76. The summed E-state index contributed by atoms with van der Waals surface area (Å²) in [6, 6.07) is 6.18. The summed E-state index contributed by atoms with van der Waals surface area (Å²) in [7, 11) is -1.85. The molecule has 0 saturated heterocycles. The van der Waals surface area contributed by atoms with Crippen LogP contribution >= 0.6 is 0 Å². The molecule has 1 aliphatic rings. The normalized spacial score (nSPS) is 16.7. The van der Waals surface area contributed by atoms with Gasteiger partial charge in [-0.3, -0.25) is 4.79 Å². The van der Waals surface area contributed by atoms with Crippen LogP contribution in [0.2, 0.25) is 16.6 Å². The van der Waals surface area contributed by atoms with Crippen molar-refractivity contribution in [3.63, 3.8) is 0 Å². The summed E-state index contributed by atoms with van der Waals surface area (Å²) in [5, 5.41) is 10.1. The van der Waals surface area contributed by atoms with E-state index in [4.69, 9.17) is 0 Å². The van der Waals surface area contributed by atoms with Crippen molar-refractivity contribution >= 4 is 14.0 Å². The Bertz CT molecular complexity index is 722. The van der Waals surface area contributed by atoms with Crippen LogP contribution in [0.3, 0.4) is 0 Å². The van der Waals surface area contributed by atoms with E-state index in [1.807, 2.05) is 12.1 Å². The lowest BCUT2D eigenvalue weighted by molar-refractivity contribution is -0.143. The summed E-state index contributed by atoms with van der Waals surface area (Å²) in [4.78, 5) is 12.2. The summed E-state index contributed by atoms with van der Waals surface area (Å²) >= 11 is 0. The molecule has 1 fully saturated rings. The van der Waals surface area contributed by atoms with Crippen LogP contribution in [-0.4, -0.2) is 19.1 Å². The fraction of sp³-hybridized carbons (Fsp3) is 0.625. The van der Waals surface area contributed by atoms with E-state index in [2.05, 4.69) is 66.0 Å². The van der Waals surface area contributed by atoms with E-state index in [0.717, 1.165) is 42.4 Å². The van der Waals surface area contributed by atoms with Gasteiger partial charge in [0.1, 0.15) is 8.07 Å². The molecule has 1 aromatic carbocycles. The van der Waals surface area contributed by atoms with Crippen LogP contribution in [0.25, 0.3) is 0 Å². The molecule has 0 radical (unpaired) electrons. The van der Waals surface area contributed by atoms with Gasteiger partial charge in [-0.1, -0.05) is 72.4 Å². The zero-order chi connectivity index (χ0) is 20.4. The van der Waals surface area contributed by atoms with E-state index in [0.29, 0.717) is 16.6 Å². The summed E-state index contributed by atoms with van der Waals surface area (Å²) in [5.74, 6) is 2.86. The molecule has 2 nitrogen and oxygen atoms in total. The van der Waals surface area contributed by atoms with Crippen molar-refractivity contribution in [3.8, 4) is 11.5 Å². The number of aliphatic carboxylic acids is 1. The molecule has 1 N–H and O–H groups in total. The predicted molar refractivity (Wildman–Crippen MR) is 117 cm³/mol. The van der Waals surface area contributed by atoms with Crippen molar-refractivity contribution in [3.05, 3.63) is 34.9 Å². The minimum atomic E-state index is -1.85. The lowest BCUT2D eigenvalue weighted by atomic mass is 9.76. The largest absolute Gasteiger partial charge is 0.481 e. The second-order valence-corrected chi connectivity index (χ2v) is 14.9. The van der Waals surface area contributed by atoms with Crippen molar-refractivity contribution < 1.29 is 9.90 Å². The van der Waals surface area contributed by atoms with Gasteiger partial charge >= 0.3 is 5.97 Å². The van der Waals surface area contributed by atoms with Gasteiger partial charge in [0.05, 0.1) is 5.41 Å². The first kappa shape index (κ1) is 21.8. The molecule has 0 aromatic heterocycles. The van der Waals surface area contributed by atoms with Gasteiger partial charge in [0.2, 0.25) is 0 Å². The molecular weight excluding hydrogens is 348 g/mol. The molecule has 148 valence electrons. The predicted octanol–water partition coefficient (Wildman–Crippen LogP) is 6.46. The quantitative estimate of drug-likeness (QED) is 0.467. The van der Waals surface area contributed by atoms with Crippen LogP contribution in [0.15, 0.2) is 18.2 Å². The zero-order valence-corrected chi connectivity index (χ0v) is 19.1. The molecular formula is C24H36O2Si. The first-order chi connectivity index (χ1) is 12.6. The Kier molecular flexibility index (Phi) is 6.63. The Morgan fingerprint density at radius 2 is 1.56 bits per heavy atom. The summed E-state index contributed by atoms with van der Waals surface area (Å²) in [6.45, 7) is 15.9. The van der Waals surface area contributed by atoms with Crippen molar-refractivity contribution in [1.82, 2.24) is 0 Å². The van der Waals surface area contributed by atoms with Gasteiger partial charge in [-0.05, 0) is 53.6 Å². The Morgan fingerprint density at radius 3 is 2.00 bits per heavy atom. The highest BCUT2D eigenvalue weighted by Crippen LogP contribution is 2.44. The monoisotopic (exact) mass is 384 g/mol. The van der Waals surface area contributed by atoms with Gasteiger partial charge in [-0.15, -0.1) is 5.54 Å². The lowest BCUT2D eigenvalue weighted by Crippen LogP contribution is -2.43. The van der Waals surface area contributed by atoms with Crippen LogP contribution in [-0.2, 0) is 10.2 Å². The number of aryl methyl sites for hydroxylation is 1. The first-order valence-corrected chi connectivity index (χ1v) is 12.7. The molecule has 1 aliphatic carbocycles. The molecule has 0 atom stereocenters. The second-order valence-electron chi connectivity index (χ2n) is 9.29. The highest BCUT2D eigenvalue weighted by molar-refractivity contribution is 6.90. The SMILES string of the molecule is Cc1ccc(C2(C(=O)O)CCCC2)c(C#C[Si](C(C)C)(C(C)C)C(C)C)c1. The average Bonchev–Trinajstić information content (AvgIpc) is 3.05. The first-order valence-electron chi connectivity index (χ1n) is 10.5. The standard InChI is InChI=1S/C24H36O2Si/c1-17(2)27(18(3)4,19(5)6)15-12-21-16-20(7)10-11-22(21)24(23(25)26)13-8-9-14-24/h10-11,16-19H,8-9,13-14H2,1-7H3,(H,25,26). The van der Waals surface area contributed by atoms with Gasteiger partial charge in [-0.2, -0.15) is 0 Å². The van der Waals surface area contributed by atoms with Crippen LogP contribution in [0.5, 0.6) is 0 Å². The van der Waals surface area contributed by atoms with Gasteiger partial charge < -0.3 is 5.11 Å². The van der Waals surface area contributed by atoms with Crippen molar-refractivity contribution in [1.29, 1.82) is 0 Å². The Hall–Kier alpha value is -1.53. The Labute approximate surface area is 166 Å². The number of hydrogen-bond acceptors (Lipinski definition) is 1. The smallest absolute Gasteiger partial charge is 0.314 e. The van der Waals surface area contributed by atoms with Gasteiger partial charge in [-0.25, -0.2) is 0 Å². The van der Waals surface area contributed by atoms with Crippen LogP contribution in [0, 0.1) is 18.4 Å². The van der Waals surface area contributed by atoms with Gasteiger partial charge in [0.15, 0.2) is 0 Å². The third-order valence-corrected chi connectivity index (χ3v) is 13.1. The Balaban J connectivity index is 2.66. The maximum atomic E-state index is 12.2. The van der Waals surface area contributed by atoms with E-state index in [1.165, 1.54) is 0 Å². The van der Waals surface area contributed by atoms with E-state index in [1.54, 1.807) is 0 Å². The van der Waals surface area contributed by atoms with Crippen molar-refractivity contribution in [2.24, 2.45) is 0 Å². The van der Waals surface area contributed by atoms with Crippen molar-refractivity contribution in [2.75, 3.05) is 0 Å². The molecule has 0 heterocycles. The average molecular weight is 385 g/mol. The minimum Gasteiger partial charge on any atom is -0.481 e. The van der Waals surface area contributed by atoms with E-state index in [-0.39, 0.29) is 0 Å². The molecule has 0 bridgehead atoms. The molecule has 2 rings (SSSR count). The van der Waals surface area contributed by atoms with E-state index in [9.17, 15) is 9.90 Å². The van der Waals surface area contributed by atoms with E-state index < -0.39 is 19.5 Å². The third kappa shape index (κ3) is 3.87. The highest BCUT2D eigenvalue weighted by Gasteiger charge is 2.45. The lowest BCUT2D eigenvalue weighted by Gasteiger charge is -2.38. The number of hydrogen-bond donors (Lipinski definition) is 1. The number of benzene rings is 1. The number of rotatable bonds is 5. The zero-order valence-electron chi connectivity index (χ0n) is 18.1. The van der Waals surface area contributed by atoms with Gasteiger partial charge in [0, 0.05) is 5.56 Å². The molecule has 0 amide bonds. The van der Waals surface area contributed by atoms with Crippen molar-refractivity contribution in [2.45, 2.75) is 96.2 Å². The molecule has 0 unspecified atom stereocenters. The Morgan fingerprint density at radius 1 is 1.04 bits per heavy atom. The van der Waals surface area contributed by atoms with Crippen LogP contribution < -0.4 is 0 Å². The highest BCUT2D eigenvalue weighted by atomic mass is 28.3.